The number of rotatable bonds is 7. The van der Waals surface area contributed by atoms with Gasteiger partial charge in [-0.05, 0) is 41.8 Å². The number of nitrogens with zero attached hydrogens (tertiary/aromatic N) is 1. The normalized spacial score (nSPS) is 10.5. The van der Waals surface area contributed by atoms with Gasteiger partial charge in [-0.15, -0.1) is 0 Å². The van der Waals surface area contributed by atoms with E-state index in [2.05, 4.69) is 35.5 Å². The minimum atomic E-state index is -0.336. The van der Waals surface area contributed by atoms with Gasteiger partial charge in [0, 0.05) is 23.6 Å². The summed E-state index contributed by atoms with van der Waals surface area (Å²) >= 11 is 0. The van der Waals surface area contributed by atoms with E-state index < -0.39 is 0 Å². The maximum atomic E-state index is 12.8. The lowest BCUT2D eigenvalue weighted by atomic mass is 10.0. The van der Waals surface area contributed by atoms with E-state index in [-0.39, 0.29) is 5.91 Å². The Bertz CT molecular complexity index is 1000. The highest BCUT2D eigenvalue weighted by molar-refractivity contribution is 6.04. The van der Waals surface area contributed by atoms with Gasteiger partial charge in [0.1, 0.15) is 17.2 Å². The summed E-state index contributed by atoms with van der Waals surface area (Å²) in [5, 5.41) is 6.23. The first-order valence-electron chi connectivity index (χ1n) is 9.37. The number of aromatic nitrogens is 1. The summed E-state index contributed by atoms with van der Waals surface area (Å²) in [4.78, 5) is 17.0. The van der Waals surface area contributed by atoms with Crippen LogP contribution in [-0.2, 0) is 0 Å². The first-order valence-corrected chi connectivity index (χ1v) is 9.37. The van der Waals surface area contributed by atoms with Crippen LogP contribution < -0.4 is 20.1 Å². The molecule has 2 aromatic carbocycles. The van der Waals surface area contributed by atoms with E-state index >= 15 is 0 Å². The van der Waals surface area contributed by atoms with Crippen LogP contribution in [0.25, 0.3) is 0 Å². The van der Waals surface area contributed by atoms with Gasteiger partial charge in [-0.25, -0.2) is 0 Å². The SMILES string of the molecule is COc1ccc(OC)c(NC(=O)c2cc(Nc3ccccc3C(C)C)ccn2)c1. The first-order chi connectivity index (χ1) is 14.0. The number of methoxy groups -OCH3 is 2. The molecule has 0 aliphatic rings. The molecule has 1 amide bonds. The van der Waals surface area contributed by atoms with Crippen LogP contribution in [0, 0.1) is 0 Å². The largest absolute Gasteiger partial charge is 0.497 e. The minimum Gasteiger partial charge on any atom is -0.497 e. The van der Waals surface area contributed by atoms with Crippen molar-refractivity contribution in [1.82, 2.24) is 4.98 Å². The molecule has 6 nitrogen and oxygen atoms in total. The molecule has 0 fully saturated rings. The van der Waals surface area contributed by atoms with Crippen LogP contribution in [0.5, 0.6) is 11.5 Å². The van der Waals surface area contributed by atoms with E-state index in [0.29, 0.717) is 28.8 Å². The average molecular weight is 391 g/mol. The second-order valence-corrected chi connectivity index (χ2v) is 6.82. The zero-order valence-electron chi connectivity index (χ0n) is 17.0. The molecule has 0 unspecified atom stereocenters. The predicted octanol–water partition coefficient (Wildman–Crippen LogP) is 5.22. The lowest BCUT2D eigenvalue weighted by Crippen LogP contribution is -2.14. The van der Waals surface area contributed by atoms with Gasteiger partial charge in [0.15, 0.2) is 0 Å². The monoisotopic (exact) mass is 391 g/mol. The lowest BCUT2D eigenvalue weighted by Gasteiger charge is -2.15. The summed E-state index contributed by atoms with van der Waals surface area (Å²) in [6, 6.07) is 16.9. The molecule has 29 heavy (non-hydrogen) atoms. The molecule has 1 aromatic heterocycles. The third-order valence-corrected chi connectivity index (χ3v) is 4.51. The van der Waals surface area contributed by atoms with E-state index in [0.717, 1.165) is 11.4 Å². The summed E-state index contributed by atoms with van der Waals surface area (Å²) in [5.41, 5.74) is 3.81. The molecule has 1 heterocycles. The maximum Gasteiger partial charge on any atom is 0.274 e. The van der Waals surface area contributed by atoms with Crippen molar-refractivity contribution in [3.8, 4) is 11.5 Å². The van der Waals surface area contributed by atoms with Crippen LogP contribution in [0.4, 0.5) is 17.1 Å². The maximum absolute atomic E-state index is 12.8. The molecule has 0 atom stereocenters. The Morgan fingerprint density at radius 3 is 2.48 bits per heavy atom. The number of hydrogen-bond donors (Lipinski definition) is 2. The number of nitrogens with one attached hydrogen (secondary N) is 2. The highest BCUT2D eigenvalue weighted by Gasteiger charge is 2.13. The smallest absolute Gasteiger partial charge is 0.274 e. The van der Waals surface area contributed by atoms with Crippen molar-refractivity contribution in [2.24, 2.45) is 0 Å². The van der Waals surface area contributed by atoms with Gasteiger partial charge in [0.05, 0.1) is 19.9 Å². The number of carbonyl (C=O) groups is 1. The summed E-state index contributed by atoms with van der Waals surface area (Å²) in [6.45, 7) is 4.29. The zero-order valence-corrected chi connectivity index (χ0v) is 17.0. The fourth-order valence-corrected chi connectivity index (χ4v) is 3.00. The van der Waals surface area contributed by atoms with Crippen molar-refractivity contribution in [2.75, 3.05) is 24.9 Å². The van der Waals surface area contributed by atoms with E-state index in [4.69, 9.17) is 9.47 Å². The molecule has 0 saturated heterocycles. The van der Waals surface area contributed by atoms with E-state index in [1.165, 1.54) is 5.56 Å². The molecule has 0 spiro atoms. The summed E-state index contributed by atoms with van der Waals surface area (Å²) in [7, 11) is 3.12. The van der Waals surface area contributed by atoms with Gasteiger partial charge in [0.25, 0.3) is 5.91 Å². The standard InChI is InChI=1S/C23H25N3O3/c1-15(2)18-7-5-6-8-19(18)25-16-11-12-24-21(13-16)23(27)26-20-14-17(28-3)9-10-22(20)29-4/h5-15H,1-4H3,(H,24,25)(H,26,27). The number of amides is 1. The van der Waals surface area contributed by atoms with Crippen molar-refractivity contribution in [3.05, 3.63) is 72.1 Å². The molecule has 6 heteroatoms. The van der Waals surface area contributed by atoms with Crippen LogP contribution in [0.1, 0.15) is 35.8 Å². The molecule has 0 bridgehead atoms. The van der Waals surface area contributed by atoms with E-state index in [1.54, 1.807) is 44.7 Å². The summed E-state index contributed by atoms with van der Waals surface area (Å²) in [6.07, 6.45) is 1.61. The molecule has 0 radical (unpaired) electrons. The topological polar surface area (TPSA) is 72.5 Å². The molecule has 150 valence electrons. The van der Waals surface area contributed by atoms with Gasteiger partial charge in [-0.1, -0.05) is 32.0 Å². The molecule has 3 aromatic rings. The molecule has 3 rings (SSSR count). The Labute approximate surface area is 170 Å². The van der Waals surface area contributed by atoms with Gasteiger partial charge in [-0.3, -0.25) is 9.78 Å². The molecule has 0 aliphatic carbocycles. The zero-order chi connectivity index (χ0) is 20.8. The summed E-state index contributed by atoms with van der Waals surface area (Å²) < 4.78 is 10.5. The highest BCUT2D eigenvalue weighted by Crippen LogP contribution is 2.30. The number of para-hydroxylation sites is 1. The molecular weight excluding hydrogens is 366 g/mol. The van der Waals surface area contributed by atoms with Crippen LogP contribution in [0.15, 0.2) is 60.8 Å². The lowest BCUT2D eigenvalue weighted by molar-refractivity contribution is 0.102. The van der Waals surface area contributed by atoms with Gasteiger partial charge < -0.3 is 20.1 Å². The molecule has 0 aliphatic heterocycles. The van der Waals surface area contributed by atoms with Crippen molar-refractivity contribution in [3.63, 3.8) is 0 Å². The second kappa shape index (κ2) is 9.10. The van der Waals surface area contributed by atoms with Gasteiger partial charge in [-0.2, -0.15) is 0 Å². The summed E-state index contributed by atoms with van der Waals surface area (Å²) in [5.74, 6) is 1.20. The third kappa shape index (κ3) is 4.85. The van der Waals surface area contributed by atoms with Crippen molar-refractivity contribution < 1.29 is 14.3 Å². The van der Waals surface area contributed by atoms with Crippen LogP contribution in [0.3, 0.4) is 0 Å². The predicted molar refractivity (Wildman–Crippen MR) is 116 cm³/mol. The Morgan fingerprint density at radius 1 is 0.966 bits per heavy atom. The van der Waals surface area contributed by atoms with E-state index in [1.807, 2.05) is 24.3 Å². The van der Waals surface area contributed by atoms with Crippen molar-refractivity contribution >= 4 is 23.0 Å². The first kappa shape index (κ1) is 20.2. The van der Waals surface area contributed by atoms with Crippen LogP contribution >= 0.6 is 0 Å². The number of anilines is 3. The molecule has 0 saturated carbocycles. The highest BCUT2D eigenvalue weighted by atomic mass is 16.5. The number of pyridine rings is 1. The Balaban J connectivity index is 1.82. The number of ether oxygens (including phenoxy) is 2. The van der Waals surface area contributed by atoms with E-state index in [9.17, 15) is 4.79 Å². The van der Waals surface area contributed by atoms with Crippen molar-refractivity contribution in [1.29, 1.82) is 0 Å². The second-order valence-electron chi connectivity index (χ2n) is 6.82. The minimum absolute atomic E-state index is 0.293. The average Bonchev–Trinajstić information content (AvgIpc) is 2.74. The third-order valence-electron chi connectivity index (χ3n) is 4.51. The Morgan fingerprint density at radius 2 is 1.76 bits per heavy atom. The fraction of sp³-hybridized carbons (Fsp3) is 0.217. The number of carbonyl (C=O) groups excluding carboxylic acids is 1. The van der Waals surface area contributed by atoms with Gasteiger partial charge in [0.2, 0.25) is 0 Å². The van der Waals surface area contributed by atoms with Gasteiger partial charge >= 0.3 is 0 Å². The number of benzene rings is 2. The Hall–Kier alpha value is -3.54. The Kier molecular flexibility index (Phi) is 6.34. The van der Waals surface area contributed by atoms with Crippen molar-refractivity contribution in [2.45, 2.75) is 19.8 Å². The van der Waals surface area contributed by atoms with Crippen LogP contribution in [-0.4, -0.2) is 25.1 Å². The molecular formula is C23H25N3O3. The van der Waals surface area contributed by atoms with Crippen LogP contribution in [0.2, 0.25) is 0 Å². The fourth-order valence-electron chi connectivity index (χ4n) is 3.00. The quantitative estimate of drug-likeness (QED) is 0.578. The number of hydrogen-bond acceptors (Lipinski definition) is 5. The molecule has 2 N–H and O–H groups in total.